The summed E-state index contributed by atoms with van der Waals surface area (Å²) in [4.78, 5) is 0. The molecule has 1 aromatic rings. The molecule has 1 nitrogen and oxygen atoms in total. The van der Waals surface area contributed by atoms with Crippen molar-refractivity contribution in [1.82, 2.24) is 5.32 Å². The van der Waals surface area contributed by atoms with Gasteiger partial charge in [-0.25, -0.2) is 4.39 Å². The predicted molar refractivity (Wildman–Crippen MR) is 72.6 cm³/mol. The zero-order chi connectivity index (χ0) is 12.5. The lowest BCUT2D eigenvalue weighted by molar-refractivity contribution is 0.332. The molecule has 2 rings (SSSR count). The van der Waals surface area contributed by atoms with E-state index in [1.54, 1.807) is 6.07 Å². The molecule has 0 heterocycles. The number of rotatable bonds is 5. The van der Waals surface area contributed by atoms with E-state index in [1.165, 1.54) is 18.9 Å². The Morgan fingerprint density at radius 1 is 1.41 bits per heavy atom. The first kappa shape index (κ1) is 13.0. The highest BCUT2D eigenvalue weighted by atomic mass is 79.9. The van der Waals surface area contributed by atoms with Crippen LogP contribution in [0, 0.1) is 11.2 Å². The fourth-order valence-corrected chi connectivity index (χ4v) is 2.37. The average Bonchev–Trinajstić information content (AvgIpc) is 3.04. The minimum Gasteiger partial charge on any atom is -0.313 e. The maximum Gasteiger partial charge on any atom is 0.126 e. The molecule has 1 aliphatic carbocycles. The van der Waals surface area contributed by atoms with E-state index in [1.807, 2.05) is 6.07 Å². The van der Waals surface area contributed by atoms with Crippen LogP contribution in [0.5, 0.6) is 0 Å². The summed E-state index contributed by atoms with van der Waals surface area (Å²) in [7, 11) is 0. The SMILES string of the molecule is CC(C)(CNC1CC1)Cc1cc(Br)ccc1F. The quantitative estimate of drug-likeness (QED) is 0.869. The van der Waals surface area contributed by atoms with Crippen LogP contribution in [0.3, 0.4) is 0 Å². The second kappa shape index (κ2) is 5.07. The minimum absolute atomic E-state index is 0.0875. The maximum absolute atomic E-state index is 13.7. The zero-order valence-electron chi connectivity index (χ0n) is 10.4. The Kier molecular flexibility index (Phi) is 3.88. The number of hydrogen-bond donors (Lipinski definition) is 1. The average molecular weight is 300 g/mol. The molecular formula is C14H19BrFN. The van der Waals surface area contributed by atoms with Crippen LogP contribution in [-0.4, -0.2) is 12.6 Å². The Bertz CT molecular complexity index is 399. The first-order chi connectivity index (χ1) is 7.96. The van der Waals surface area contributed by atoms with Gasteiger partial charge in [0.05, 0.1) is 0 Å². The summed E-state index contributed by atoms with van der Waals surface area (Å²) < 4.78 is 14.6. The van der Waals surface area contributed by atoms with E-state index in [2.05, 4.69) is 35.1 Å². The van der Waals surface area contributed by atoms with Crippen molar-refractivity contribution in [2.24, 2.45) is 5.41 Å². The molecule has 94 valence electrons. The molecule has 1 fully saturated rings. The van der Waals surface area contributed by atoms with E-state index in [4.69, 9.17) is 0 Å². The van der Waals surface area contributed by atoms with E-state index in [9.17, 15) is 4.39 Å². The van der Waals surface area contributed by atoms with Crippen LogP contribution in [0.25, 0.3) is 0 Å². The Labute approximate surface area is 111 Å². The molecule has 0 spiro atoms. The lowest BCUT2D eigenvalue weighted by Gasteiger charge is -2.25. The van der Waals surface area contributed by atoms with Crippen LogP contribution in [-0.2, 0) is 6.42 Å². The monoisotopic (exact) mass is 299 g/mol. The van der Waals surface area contributed by atoms with Gasteiger partial charge in [0, 0.05) is 17.1 Å². The van der Waals surface area contributed by atoms with Crippen molar-refractivity contribution in [2.45, 2.75) is 39.2 Å². The molecule has 1 aromatic carbocycles. The minimum atomic E-state index is -0.104. The zero-order valence-corrected chi connectivity index (χ0v) is 12.0. The van der Waals surface area contributed by atoms with Crippen LogP contribution < -0.4 is 5.32 Å². The molecule has 0 saturated heterocycles. The Balaban J connectivity index is 1.99. The van der Waals surface area contributed by atoms with Gasteiger partial charge in [0.15, 0.2) is 0 Å². The van der Waals surface area contributed by atoms with Gasteiger partial charge in [-0.2, -0.15) is 0 Å². The van der Waals surface area contributed by atoms with Crippen LogP contribution in [0.1, 0.15) is 32.3 Å². The predicted octanol–water partition coefficient (Wildman–Crippen LogP) is 3.91. The smallest absolute Gasteiger partial charge is 0.126 e. The molecule has 1 aliphatic rings. The highest BCUT2D eigenvalue weighted by Gasteiger charge is 2.26. The van der Waals surface area contributed by atoms with Gasteiger partial charge < -0.3 is 5.32 Å². The van der Waals surface area contributed by atoms with E-state index in [-0.39, 0.29) is 11.2 Å². The Hall–Kier alpha value is -0.410. The van der Waals surface area contributed by atoms with Crippen molar-refractivity contribution in [1.29, 1.82) is 0 Å². The topological polar surface area (TPSA) is 12.0 Å². The van der Waals surface area contributed by atoms with Gasteiger partial charge in [-0.05, 0) is 48.4 Å². The molecule has 0 bridgehead atoms. The summed E-state index contributed by atoms with van der Waals surface area (Å²) >= 11 is 3.39. The number of benzene rings is 1. The first-order valence-electron chi connectivity index (χ1n) is 6.14. The number of nitrogens with one attached hydrogen (secondary N) is 1. The van der Waals surface area contributed by atoms with Gasteiger partial charge in [0.2, 0.25) is 0 Å². The van der Waals surface area contributed by atoms with Crippen LogP contribution >= 0.6 is 15.9 Å². The summed E-state index contributed by atoms with van der Waals surface area (Å²) in [6.45, 7) is 5.31. The molecule has 0 atom stereocenters. The fourth-order valence-electron chi connectivity index (χ4n) is 1.96. The molecule has 0 radical (unpaired) electrons. The highest BCUT2D eigenvalue weighted by Crippen LogP contribution is 2.27. The third-order valence-corrected chi connectivity index (χ3v) is 3.62. The molecule has 0 unspecified atom stereocenters. The van der Waals surface area contributed by atoms with Gasteiger partial charge in [-0.1, -0.05) is 29.8 Å². The highest BCUT2D eigenvalue weighted by molar-refractivity contribution is 9.10. The van der Waals surface area contributed by atoms with Crippen molar-refractivity contribution in [3.63, 3.8) is 0 Å². The third kappa shape index (κ3) is 4.07. The normalized spacial score (nSPS) is 16.2. The second-order valence-corrected chi connectivity index (χ2v) is 6.65. The van der Waals surface area contributed by atoms with E-state index in [0.717, 1.165) is 23.0 Å². The van der Waals surface area contributed by atoms with Crippen LogP contribution in [0.4, 0.5) is 4.39 Å². The standard InChI is InChI=1S/C14H19BrFN/c1-14(2,9-17-12-4-5-12)8-10-7-11(15)3-6-13(10)16/h3,6-7,12,17H,4-5,8-9H2,1-2H3. The van der Waals surface area contributed by atoms with Crippen molar-refractivity contribution >= 4 is 15.9 Å². The summed E-state index contributed by atoms with van der Waals surface area (Å²) in [6.07, 6.45) is 3.35. The van der Waals surface area contributed by atoms with Crippen molar-refractivity contribution in [2.75, 3.05) is 6.54 Å². The van der Waals surface area contributed by atoms with Crippen molar-refractivity contribution in [3.8, 4) is 0 Å². The first-order valence-corrected chi connectivity index (χ1v) is 6.93. The van der Waals surface area contributed by atoms with E-state index in [0.29, 0.717) is 6.04 Å². The van der Waals surface area contributed by atoms with Gasteiger partial charge in [0.25, 0.3) is 0 Å². The second-order valence-electron chi connectivity index (χ2n) is 5.73. The molecular weight excluding hydrogens is 281 g/mol. The largest absolute Gasteiger partial charge is 0.313 e. The third-order valence-electron chi connectivity index (χ3n) is 3.12. The van der Waals surface area contributed by atoms with Gasteiger partial charge in [-0.15, -0.1) is 0 Å². The molecule has 0 aliphatic heterocycles. The van der Waals surface area contributed by atoms with Crippen LogP contribution in [0.2, 0.25) is 0 Å². The summed E-state index contributed by atoms with van der Waals surface area (Å²) in [6, 6.07) is 5.87. The molecule has 1 N–H and O–H groups in total. The molecule has 3 heteroatoms. The number of halogens is 2. The lowest BCUT2D eigenvalue weighted by Crippen LogP contribution is -2.32. The Morgan fingerprint density at radius 3 is 2.76 bits per heavy atom. The van der Waals surface area contributed by atoms with Gasteiger partial charge >= 0.3 is 0 Å². The van der Waals surface area contributed by atoms with E-state index < -0.39 is 0 Å². The fraction of sp³-hybridized carbons (Fsp3) is 0.571. The Morgan fingerprint density at radius 2 is 2.12 bits per heavy atom. The summed E-state index contributed by atoms with van der Waals surface area (Å²) in [5, 5.41) is 3.52. The summed E-state index contributed by atoms with van der Waals surface area (Å²) in [5.41, 5.74) is 0.881. The van der Waals surface area contributed by atoms with Crippen molar-refractivity contribution < 1.29 is 4.39 Å². The maximum atomic E-state index is 13.7. The summed E-state index contributed by atoms with van der Waals surface area (Å²) in [5.74, 6) is -0.104. The van der Waals surface area contributed by atoms with E-state index >= 15 is 0 Å². The molecule has 1 saturated carbocycles. The van der Waals surface area contributed by atoms with Gasteiger partial charge in [0.1, 0.15) is 5.82 Å². The molecule has 17 heavy (non-hydrogen) atoms. The number of hydrogen-bond acceptors (Lipinski definition) is 1. The lowest BCUT2D eigenvalue weighted by atomic mass is 9.85. The molecule has 0 aromatic heterocycles. The van der Waals surface area contributed by atoms with Crippen molar-refractivity contribution in [3.05, 3.63) is 34.1 Å². The van der Waals surface area contributed by atoms with Crippen LogP contribution in [0.15, 0.2) is 22.7 Å². The van der Waals surface area contributed by atoms with Gasteiger partial charge in [-0.3, -0.25) is 0 Å². The molecule has 0 amide bonds.